The van der Waals surface area contributed by atoms with Gasteiger partial charge in [0.05, 0.1) is 12.6 Å². The summed E-state index contributed by atoms with van der Waals surface area (Å²) in [5, 5.41) is 14.7. The third kappa shape index (κ3) is 5.68. The molecule has 11 heteroatoms. The van der Waals surface area contributed by atoms with Gasteiger partial charge in [0.15, 0.2) is 0 Å². The number of benzene rings is 2. The number of hydrogen-bond acceptors (Lipinski definition) is 7. The van der Waals surface area contributed by atoms with Crippen molar-refractivity contribution < 1.29 is 27.0 Å². The van der Waals surface area contributed by atoms with Crippen LogP contribution in [0.1, 0.15) is 18.4 Å². The van der Waals surface area contributed by atoms with Gasteiger partial charge in [0.25, 0.3) is 10.0 Å². The largest absolute Gasteiger partial charge is 0.480 e. The van der Waals surface area contributed by atoms with Gasteiger partial charge in [0, 0.05) is 35.0 Å². The van der Waals surface area contributed by atoms with Gasteiger partial charge in [-0.1, -0.05) is 17.9 Å². The molecule has 1 saturated heterocycles. The average molecular weight is 551 g/mol. The molecule has 39 heavy (non-hydrogen) atoms. The Kier molecular flexibility index (Phi) is 7.18. The van der Waals surface area contributed by atoms with Crippen molar-refractivity contribution in [2.24, 2.45) is 0 Å². The van der Waals surface area contributed by atoms with Crippen LogP contribution < -0.4 is 14.8 Å². The zero-order chi connectivity index (χ0) is 27.6. The highest BCUT2D eigenvalue weighted by Gasteiger charge is 2.26. The molecule has 0 bridgehead atoms. The molecule has 3 N–H and O–H groups in total. The Labute approximate surface area is 224 Å². The van der Waals surface area contributed by atoms with E-state index in [1.807, 2.05) is 6.07 Å². The Balaban J connectivity index is 1.52. The summed E-state index contributed by atoms with van der Waals surface area (Å²) in [6.45, 7) is 1.38. The zero-order valence-corrected chi connectivity index (χ0v) is 21.6. The van der Waals surface area contributed by atoms with Crippen LogP contribution in [-0.4, -0.2) is 49.3 Å². The van der Waals surface area contributed by atoms with Crippen molar-refractivity contribution >= 4 is 26.6 Å². The second-order valence-electron chi connectivity index (χ2n) is 9.08. The van der Waals surface area contributed by atoms with E-state index in [0.717, 1.165) is 17.5 Å². The maximum absolute atomic E-state index is 14.2. The van der Waals surface area contributed by atoms with Gasteiger partial charge in [-0.15, -0.1) is 0 Å². The van der Waals surface area contributed by atoms with Crippen LogP contribution in [0.2, 0.25) is 0 Å². The van der Waals surface area contributed by atoms with E-state index in [0.29, 0.717) is 54.2 Å². The van der Waals surface area contributed by atoms with Gasteiger partial charge in [-0.05, 0) is 67.9 Å². The van der Waals surface area contributed by atoms with Crippen LogP contribution in [0.25, 0.3) is 22.0 Å². The number of nitrogens with zero attached hydrogens (tertiary/aromatic N) is 2. The first kappa shape index (κ1) is 26.5. The summed E-state index contributed by atoms with van der Waals surface area (Å²) in [4.78, 5) is 7.90. The Hall–Kier alpha value is -4.11. The molecule has 3 heterocycles. The lowest BCUT2D eigenvalue weighted by Gasteiger charge is -2.27. The molecule has 8 nitrogen and oxygen atoms in total. The summed E-state index contributed by atoms with van der Waals surface area (Å²) in [7, 11) is -3.11. The van der Waals surface area contributed by atoms with Crippen LogP contribution in [0, 0.1) is 23.5 Å². The molecule has 2 aromatic carbocycles. The second-order valence-corrected chi connectivity index (χ2v) is 10.7. The Bertz CT molecular complexity index is 1730. The van der Waals surface area contributed by atoms with Crippen LogP contribution in [0.3, 0.4) is 0 Å². The van der Waals surface area contributed by atoms with Gasteiger partial charge in [0.2, 0.25) is 5.88 Å². The molecule has 2 aromatic heterocycles. The van der Waals surface area contributed by atoms with Crippen molar-refractivity contribution in [2.45, 2.75) is 23.3 Å². The number of aliphatic hydroxyl groups is 1. The highest BCUT2D eigenvalue weighted by Crippen LogP contribution is 2.32. The summed E-state index contributed by atoms with van der Waals surface area (Å²) in [5.74, 6) is 3.97. The van der Waals surface area contributed by atoms with Gasteiger partial charge < -0.3 is 15.2 Å². The third-order valence-corrected chi connectivity index (χ3v) is 7.81. The number of aromatic nitrogens is 2. The van der Waals surface area contributed by atoms with Crippen LogP contribution in [0.15, 0.2) is 65.8 Å². The molecule has 1 fully saturated rings. The van der Waals surface area contributed by atoms with Crippen LogP contribution >= 0.6 is 0 Å². The third-order valence-electron chi connectivity index (χ3n) is 6.41. The van der Waals surface area contributed by atoms with Gasteiger partial charge in [-0.25, -0.2) is 22.2 Å². The summed E-state index contributed by atoms with van der Waals surface area (Å²) in [5.41, 5.74) is 1.50. The summed E-state index contributed by atoms with van der Waals surface area (Å²) in [6, 6.07) is 10.9. The van der Waals surface area contributed by atoms with E-state index in [2.05, 4.69) is 31.8 Å². The Morgan fingerprint density at radius 1 is 1.05 bits per heavy atom. The standard InChI is InChI=1S/C28H24F2N4O4S/c1-38-27-25(34-39(36,37)26-5-3-21(29)16-23(26)30)15-20(17-33-27)19-2-4-24-22(14-19)18(7-11-32-24)6-8-28(35)9-12-31-13-10-28/h2-5,7,11,14-17,31,34-35H,9-10,12-13H2,1H3. The highest BCUT2D eigenvalue weighted by atomic mass is 32.2. The predicted molar refractivity (Wildman–Crippen MR) is 143 cm³/mol. The molecule has 0 aliphatic carbocycles. The number of sulfonamides is 1. The maximum Gasteiger partial charge on any atom is 0.264 e. The zero-order valence-electron chi connectivity index (χ0n) is 20.8. The van der Waals surface area contributed by atoms with Crippen molar-refractivity contribution in [3.05, 3.63) is 78.1 Å². The Morgan fingerprint density at radius 2 is 1.85 bits per heavy atom. The second kappa shape index (κ2) is 10.6. The number of nitrogens with one attached hydrogen (secondary N) is 2. The number of hydrogen-bond donors (Lipinski definition) is 3. The molecule has 0 atom stereocenters. The molecule has 0 spiro atoms. The number of rotatable bonds is 5. The molecule has 5 rings (SSSR count). The lowest BCUT2D eigenvalue weighted by atomic mass is 9.92. The Morgan fingerprint density at radius 3 is 2.59 bits per heavy atom. The molecule has 1 aliphatic heterocycles. The first-order valence-electron chi connectivity index (χ1n) is 12.0. The first-order chi connectivity index (χ1) is 18.7. The van der Waals surface area contributed by atoms with E-state index in [1.54, 1.807) is 24.4 Å². The normalized spacial score (nSPS) is 14.9. The molecule has 0 radical (unpaired) electrons. The summed E-state index contributed by atoms with van der Waals surface area (Å²) in [6.07, 6.45) is 4.23. The van der Waals surface area contributed by atoms with Crippen LogP contribution in [0.5, 0.6) is 5.88 Å². The fourth-order valence-corrected chi connectivity index (χ4v) is 5.43. The number of piperidine rings is 1. The molecule has 0 unspecified atom stereocenters. The predicted octanol–water partition coefficient (Wildman–Crippen LogP) is 3.85. The number of ether oxygens (including phenoxy) is 1. The number of anilines is 1. The van der Waals surface area contributed by atoms with E-state index >= 15 is 0 Å². The minimum Gasteiger partial charge on any atom is -0.480 e. The first-order valence-corrected chi connectivity index (χ1v) is 13.5. The van der Waals surface area contributed by atoms with Gasteiger partial charge in [-0.2, -0.15) is 0 Å². The highest BCUT2D eigenvalue weighted by molar-refractivity contribution is 7.92. The fraction of sp³-hybridized carbons (Fsp3) is 0.214. The molecule has 200 valence electrons. The number of halogens is 2. The van der Waals surface area contributed by atoms with E-state index in [9.17, 15) is 22.3 Å². The van der Waals surface area contributed by atoms with Gasteiger partial charge in [-0.3, -0.25) is 9.71 Å². The molecular weight excluding hydrogens is 526 g/mol. The molecule has 0 saturated carbocycles. The van der Waals surface area contributed by atoms with E-state index < -0.39 is 32.2 Å². The quantitative estimate of drug-likeness (QED) is 0.324. The van der Waals surface area contributed by atoms with Gasteiger partial charge >= 0.3 is 0 Å². The van der Waals surface area contributed by atoms with Gasteiger partial charge in [0.1, 0.15) is 27.8 Å². The molecule has 0 amide bonds. The number of pyridine rings is 2. The topological polar surface area (TPSA) is 113 Å². The molecule has 4 aromatic rings. The number of fused-ring (bicyclic) bond motifs is 1. The smallest absolute Gasteiger partial charge is 0.264 e. The fourth-order valence-electron chi connectivity index (χ4n) is 4.32. The van der Waals surface area contributed by atoms with E-state index in [-0.39, 0.29) is 11.6 Å². The van der Waals surface area contributed by atoms with Crippen molar-refractivity contribution in [1.29, 1.82) is 0 Å². The molecular formula is C28H24F2N4O4S. The van der Waals surface area contributed by atoms with E-state index in [1.165, 1.54) is 19.4 Å². The summed E-state index contributed by atoms with van der Waals surface area (Å²) >= 11 is 0. The lowest BCUT2D eigenvalue weighted by molar-refractivity contribution is 0.0679. The lowest BCUT2D eigenvalue weighted by Crippen LogP contribution is -2.40. The van der Waals surface area contributed by atoms with Crippen molar-refractivity contribution in [2.75, 3.05) is 24.9 Å². The maximum atomic E-state index is 14.2. The van der Waals surface area contributed by atoms with Crippen molar-refractivity contribution in [3.8, 4) is 28.8 Å². The minimum absolute atomic E-state index is 0.0295. The van der Waals surface area contributed by atoms with Crippen LogP contribution in [-0.2, 0) is 10.0 Å². The SMILES string of the molecule is COc1ncc(-c2ccc3nccc(C#CC4(O)CCNCC4)c3c2)cc1NS(=O)(=O)c1ccc(F)cc1F. The monoisotopic (exact) mass is 550 g/mol. The number of methoxy groups -OCH3 is 1. The summed E-state index contributed by atoms with van der Waals surface area (Å²) < 4.78 is 60.8. The van der Waals surface area contributed by atoms with E-state index in [4.69, 9.17) is 4.74 Å². The van der Waals surface area contributed by atoms with Crippen molar-refractivity contribution in [3.63, 3.8) is 0 Å². The minimum atomic E-state index is -4.43. The van der Waals surface area contributed by atoms with Crippen LogP contribution in [0.4, 0.5) is 14.5 Å². The average Bonchev–Trinajstić information content (AvgIpc) is 2.91. The molecule has 1 aliphatic rings. The van der Waals surface area contributed by atoms with Crippen molar-refractivity contribution in [1.82, 2.24) is 15.3 Å².